The summed E-state index contributed by atoms with van der Waals surface area (Å²) in [5.41, 5.74) is 1.75. The van der Waals surface area contributed by atoms with Crippen LogP contribution in [0.15, 0.2) is 18.2 Å². The number of halogens is 2. The summed E-state index contributed by atoms with van der Waals surface area (Å²) in [4.78, 5) is 0. The van der Waals surface area contributed by atoms with Crippen LogP contribution in [0.4, 0.5) is 4.39 Å². The summed E-state index contributed by atoms with van der Waals surface area (Å²) < 4.78 is 33.1. The van der Waals surface area contributed by atoms with Gasteiger partial charge in [0.05, 0.1) is 18.8 Å². The maximum absolute atomic E-state index is 14.0. The van der Waals surface area contributed by atoms with Crippen molar-refractivity contribution in [2.75, 3.05) is 17.6 Å². The summed E-state index contributed by atoms with van der Waals surface area (Å²) in [7, 11) is 0. The highest BCUT2D eigenvalue weighted by Crippen LogP contribution is 2.51. The molecule has 180 valence electrons. The molecule has 1 aromatic carbocycles. The fraction of sp³-hybridized carbons (Fsp3) is 0.778. The first-order chi connectivity index (χ1) is 15.6. The zero-order valence-electron chi connectivity index (χ0n) is 19.5. The molecule has 1 aromatic rings. The number of benzene rings is 1. The third kappa shape index (κ3) is 6.82. The number of hydrogen-bond acceptors (Lipinski definition) is 3. The van der Waals surface area contributed by atoms with Gasteiger partial charge in [-0.1, -0.05) is 54.7 Å². The molecule has 32 heavy (non-hydrogen) atoms. The average molecular weight is 559 g/mol. The van der Waals surface area contributed by atoms with Crippen LogP contribution in [-0.2, 0) is 15.9 Å². The van der Waals surface area contributed by atoms with E-state index in [0.29, 0.717) is 11.2 Å². The molecule has 0 amide bonds. The lowest BCUT2D eigenvalue weighted by molar-refractivity contribution is -0.178. The molecule has 0 spiro atoms. The molecule has 1 atom stereocenters. The Hall–Kier alpha value is -0.400. The Morgan fingerprint density at radius 3 is 2.44 bits per heavy atom. The second kappa shape index (κ2) is 11.8. The minimum atomic E-state index is -0.223. The summed E-state index contributed by atoms with van der Waals surface area (Å²) in [5, 5.41) is 0. The number of rotatable bonds is 12. The highest BCUT2D eigenvalue weighted by molar-refractivity contribution is 14.1. The van der Waals surface area contributed by atoms with Crippen LogP contribution in [0.3, 0.4) is 0 Å². The maximum Gasteiger partial charge on any atom is 0.199 e. The van der Waals surface area contributed by atoms with Gasteiger partial charge in [0, 0.05) is 22.3 Å². The number of alkyl halides is 1. The van der Waals surface area contributed by atoms with Gasteiger partial charge in [-0.05, 0) is 75.5 Å². The van der Waals surface area contributed by atoms with E-state index in [2.05, 4.69) is 22.6 Å². The lowest BCUT2D eigenvalue weighted by Crippen LogP contribution is -2.51. The van der Waals surface area contributed by atoms with Crippen molar-refractivity contribution in [3.8, 4) is 5.75 Å². The van der Waals surface area contributed by atoms with Crippen LogP contribution in [0.2, 0.25) is 0 Å². The molecule has 1 saturated carbocycles. The van der Waals surface area contributed by atoms with Gasteiger partial charge in [0.15, 0.2) is 6.29 Å². The van der Waals surface area contributed by atoms with E-state index < -0.39 is 0 Å². The average Bonchev–Trinajstić information content (AvgIpc) is 2.82. The zero-order valence-corrected chi connectivity index (χ0v) is 21.7. The monoisotopic (exact) mass is 558 g/mol. The Balaban J connectivity index is 1.08. The molecule has 0 aromatic heterocycles. The fourth-order valence-corrected chi connectivity index (χ4v) is 6.58. The first-order valence-corrected chi connectivity index (χ1v) is 14.4. The molecule has 1 unspecified atom stereocenters. The second-order valence-electron chi connectivity index (χ2n) is 10.4. The molecule has 3 saturated heterocycles. The zero-order chi connectivity index (χ0) is 22.3. The molecule has 5 heteroatoms. The SMILES string of the molecule is Fc1cc(CCCCCCCCC23CCC(CI)(CC2)CO3)cc(OC2CCCCO2)c1. The van der Waals surface area contributed by atoms with E-state index in [1.165, 1.54) is 74.7 Å². The summed E-state index contributed by atoms with van der Waals surface area (Å²) in [5.74, 6) is 0.394. The van der Waals surface area contributed by atoms with Crippen molar-refractivity contribution in [2.24, 2.45) is 5.41 Å². The van der Waals surface area contributed by atoms with E-state index >= 15 is 0 Å². The van der Waals surface area contributed by atoms with Gasteiger partial charge in [0.2, 0.25) is 0 Å². The van der Waals surface area contributed by atoms with Crippen molar-refractivity contribution in [3.63, 3.8) is 0 Å². The lowest BCUT2D eigenvalue weighted by Gasteiger charge is -2.53. The summed E-state index contributed by atoms with van der Waals surface area (Å²) in [6, 6.07) is 5.11. The second-order valence-corrected chi connectivity index (χ2v) is 11.2. The van der Waals surface area contributed by atoms with Gasteiger partial charge in [-0.3, -0.25) is 0 Å². The van der Waals surface area contributed by atoms with Crippen LogP contribution >= 0.6 is 22.6 Å². The Bertz CT molecular complexity index is 694. The van der Waals surface area contributed by atoms with E-state index in [1.54, 1.807) is 6.07 Å². The summed E-state index contributed by atoms with van der Waals surface area (Å²) in [6.45, 7) is 1.73. The molecule has 2 bridgehead atoms. The Morgan fingerprint density at radius 1 is 0.969 bits per heavy atom. The summed E-state index contributed by atoms with van der Waals surface area (Å²) >= 11 is 2.55. The Kier molecular flexibility index (Phi) is 9.14. The number of hydrogen-bond donors (Lipinski definition) is 0. The maximum atomic E-state index is 14.0. The first kappa shape index (κ1) is 24.7. The quantitative estimate of drug-likeness (QED) is 0.149. The van der Waals surface area contributed by atoms with Crippen molar-refractivity contribution in [1.29, 1.82) is 0 Å². The van der Waals surface area contributed by atoms with Gasteiger partial charge in [-0.2, -0.15) is 0 Å². The van der Waals surface area contributed by atoms with E-state index in [9.17, 15) is 4.39 Å². The molecule has 3 nitrogen and oxygen atoms in total. The van der Waals surface area contributed by atoms with Crippen molar-refractivity contribution in [3.05, 3.63) is 29.6 Å². The number of aryl methyl sites for hydroxylation is 1. The molecule has 0 N–H and O–H groups in total. The van der Waals surface area contributed by atoms with Gasteiger partial charge >= 0.3 is 0 Å². The molecule has 3 heterocycles. The van der Waals surface area contributed by atoms with Gasteiger partial charge in [-0.15, -0.1) is 0 Å². The predicted molar refractivity (Wildman–Crippen MR) is 135 cm³/mol. The van der Waals surface area contributed by atoms with Crippen molar-refractivity contribution >= 4 is 22.6 Å². The largest absolute Gasteiger partial charge is 0.465 e. The van der Waals surface area contributed by atoms with E-state index in [-0.39, 0.29) is 17.7 Å². The minimum absolute atomic E-state index is 0.212. The number of unbranched alkanes of at least 4 members (excludes halogenated alkanes) is 5. The van der Waals surface area contributed by atoms with Crippen LogP contribution in [-0.4, -0.2) is 29.5 Å². The molecule has 4 fully saturated rings. The molecule has 5 rings (SSSR count). The number of fused-ring (bicyclic) bond motifs is 3. The van der Waals surface area contributed by atoms with Crippen LogP contribution in [0, 0.1) is 11.2 Å². The molecule has 4 aliphatic rings. The van der Waals surface area contributed by atoms with E-state index in [0.717, 1.165) is 50.9 Å². The highest BCUT2D eigenvalue weighted by atomic mass is 127. The van der Waals surface area contributed by atoms with Gasteiger partial charge < -0.3 is 14.2 Å². The van der Waals surface area contributed by atoms with Gasteiger partial charge in [0.1, 0.15) is 11.6 Å². The lowest BCUT2D eigenvalue weighted by atomic mass is 9.66. The van der Waals surface area contributed by atoms with Gasteiger partial charge in [-0.25, -0.2) is 4.39 Å². The van der Waals surface area contributed by atoms with E-state index in [1.807, 2.05) is 6.07 Å². The molecule has 3 aliphatic heterocycles. The van der Waals surface area contributed by atoms with E-state index in [4.69, 9.17) is 14.2 Å². The standard InChI is InChI=1S/C27H40FIO3/c28-23-17-22(18-24(19-23)32-25-10-6-8-16-30-25)9-5-3-1-2-4-7-11-27-14-12-26(20-29,13-15-27)21-31-27/h17-19,25H,1-16,20-21H2. The minimum Gasteiger partial charge on any atom is -0.465 e. The first-order valence-electron chi connectivity index (χ1n) is 12.9. The Labute approximate surface area is 207 Å². The Morgan fingerprint density at radius 2 is 1.75 bits per heavy atom. The van der Waals surface area contributed by atoms with Crippen LogP contribution in [0.25, 0.3) is 0 Å². The molecule has 1 aliphatic carbocycles. The predicted octanol–water partition coefficient (Wildman–Crippen LogP) is 7.77. The number of ether oxygens (including phenoxy) is 3. The van der Waals surface area contributed by atoms with Crippen LogP contribution in [0.5, 0.6) is 5.75 Å². The highest BCUT2D eigenvalue weighted by Gasteiger charge is 2.48. The van der Waals surface area contributed by atoms with Gasteiger partial charge in [0.25, 0.3) is 0 Å². The topological polar surface area (TPSA) is 27.7 Å². The fourth-order valence-electron chi connectivity index (χ4n) is 5.60. The van der Waals surface area contributed by atoms with Crippen LogP contribution < -0.4 is 4.74 Å². The smallest absolute Gasteiger partial charge is 0.199 e. The molecular formula is C27H40FIO3. The van der Waals surface area contributed by atoms with Crippen molar-refractivity contribution in [2.45, 2.75) is 108 Å². The third-order valence-corrected chi connectivity index (χ3v) is 9.49. The van der Waals surface area contributed by atoms with Crippen molar-refractivity contribution in [1.82, 2.24) is 0 Å². The normalized spacial score (nSPS) is 29.9. The van der Waals surface area contributed by atoms with Crippen molar-refractivity contribution < 1.29 is 18.6 Å². The van der Waals surface area contributed by atoms with Crippen LogP contribution in [0.1, 0.15) is 95.5 Å². The summed E-state index contributed by atoms with van der Waals surface area (Å²) in [6.07, 6.45) is 17.8. The third-order valence-electron chi connectivity index (χ3n) is 7.87. The molecule has 0 radical (unpaired) electrons. The molecular weight excluding hydrogens is 518 g/mol.